The van der Waals surface area contributed by atoms with E-state index in [1.807, 2.05) is 6.20 Å². The third kappa shape index (κ3) is 2.32. The molecule has 1 N–H and O–H groups in total. The first-order chi connectivity index (χ1) is 6.86. The third-order valence-electron chi connectivity index (χ3n) is 2.88. The topological polar surface area (TPSA) is 24.9 Å². The van der Waals surface area contributed by atoms with Crippen molar-refractivity contribution in [3.63, 3.8) is 0 Å². The smallest absolute Gasteiger partial charge is 0.0375 e. The zero-order valence-electron chi connectivity index (χ0n) is 8.79. The number of nitrogens with zero attached hydrogens (tertiary/aromatic N) is 1. The Balaban J connectivity index is 2.12. The van der Waals surface area contributed by atoms with Gasteiger partial charge in [-0.3, -0.25) is 4.98 Å². The molecule has 0 saturated carbocycles. The largest absolute Gasteiger partial charge is 0.310 e. The van der Waals surface area contributed by atoms with Crippen LogP contribution in [0, 0.1) is 6.92 Å². The Morgan fingerprint density at radius 3 is 3.14 bits per heavy atom. The number of hydrogen-bond acceptors (Lipinski definition) is 2. The molecule has 1 aliphatic heterocycles. The number of pyridine rings is 1. The standard InChI is InChI=1S/C12H18N2/c1-10-9-11(6-8-13-10)12-5-3-2-4-7-14-12/h6,8-9,12,14H,2-5,7H2,1H3. The molecule has 1 aromatic heterocycles. The van der Waals surface area contributed by atoms with Crippen LogP contribution >= 0.6 is 0 Å². The predicted molar refractivity (Wildman–Crippen MR) is 58.2 cm³/mol. The molecular weight excluding hydrogens is 172 g/mol. The molecule has 0 spiro atoms. The summed E-state index contributed by atoms with van der Waals surface area (Å²) in [6.45, 7) is 3.21. The normalized spacial score (nSPS) is 23.1. The molecule has 0 radical (unpaired) electrons. The fraction of sp³-hybridized carbons (Fsp3) is 0.583. The maximum Gasteiger partial charge on any atom is 0.0375 e. The van der Waals surface area contributed by atoms with Crippen molar-refractivity contribution < 1.29 is 0 Å². The quantitative estimate of drug-likeness (QED) is 0.736. The van der Waals surface area contributed by atoms with Gasteiger partial charge in [-0.15, -0.1) is 0 Å². The van der Waals surface area contributed by atoms with E-state index >= 15 is 0 Å². The lowest BCUT2D eigenvalue weighted by atomic mass is 10.0. The lowest BCUT2D eigenvalue weighted by Crippen LogP contribution is -2.20. The predicted octanol–water partition coefficient (Wildman–Crippen LogP) is 2.59. The molecule has 14 heavy (non-hydrogen) atoms. The van der Waals surface area contributed by atoms with Crippen LogP contribution in [0.4, 0.5) is 0 Å². The molecule has 1 saturated heterocycles. The number of hydrogen-bond donors (Lipinski definition) is 1. The first-order valence-corrected chi connectivity index (χ1v) is 5.52. The van der Waals surface area contributed by atoms with E-state index < -0.39 is 0 Å². The summed E-state index contributed by atoms with van der Waals surface area (Å²) >= 11 is 0. The fourth-order valence-corrected chi connectivity index (χ4v) is 2.10. The fourth-order valence-electron chi connectivity index (χ4n) is 2.10. The molecule has 1 atom stereocenters. The van der Waals surface area contributed by atoms with Gasteiger partial charge in [0.25, 0.3) is 0 Å². The van der Waals surface area contributed by atoms with Gasteiger partial charge in [-0.05, 0) is 44.0 Å². The van der Waals surface area contributed by atoms with E-state index in [4.69, 9.17) is 0 Å². The molecule has 1 aromatic rings. The van der Waals surface area contributed by atoms with Crippen LogP contribution in [0.2, 0.25) is 0 Å². The van der Waals surface area contributed by atoms with Crippen LogP contribution in [0.25, 0.3) is 0 Å². The van der Waals surface area contributed by atoms with Gasteiger partial charge >= 0.3 is 0 Å². The van der Waals surface area contributed by atoms with Crippen LogP contribution in [0.3, 0.4) is 0 Å². The maximum atomic E-state index is 4.23. The molecule has 1 unspecified atom stereocenters. The van der Waals surface area contributed by atoms with Gasteiger partial charge in [-0.2, -0.15) is 0 Å². The van der Waals surface area contributed by atoms with Crippen molar-refractivity contribution in [2.24, 2.45) is 0 Å². The van der Waals surface area contributed by atoms with Crippen molar-refractivity contribution in [2.75, 3.05) is 6.54 Å². The Morgan fingerprint density at radius 1 is 1.36 bits per heavy atom. The first kappa shape index (κ1) is 9.66. The molecule has 1 aliphatic rings. The molecular formula is C12H18N2. The SMILES string of the molecule is Cc1cc(C2CCCCCN2)ccn1. The van der Waals surface area contributed by atoms with Crippen molar-refractivity contribution in [2.45, 2.75) is 38.6 Å². The van der Waals surface area contributed by atoms with E-state index in [1.54, 1.807) is 0 Å². The summed E-state index contributed by atoms with van der Waals surface area (Å²) in [6.07, 6.45) is 7.22. The highest BCUT2D eigenvalue weighted by atomic mass is 14.9. The monoisotopic (exact) mass is 190 g/mol. The summed E-state index contributed by atoms with van der Waals surface area (Å²) < 4.78 is 0. The van der Waals surface area contributed by atoms with Crippen molar-refractivity contribution >= 4 is 0 Å². The maximum absolute atomic E-state index is 4.23. The summed E-state index contributed by atoms with van der Waals surface area (Å²) in [5.74, 6) is 0. The van der Waals surface area contributed by atoms with Gasteiger partial charge in [0, 0.05) is 17.9 Å². The highest BCUT2D eigenvalue weighted by molar-refractivity contribution is 5.19. The summed E-state index contributed by atoms with van der Waals surface area (Å²) in [5.41, 5.74) is 2.52. The molecule has 0 aliphatic carbocycles. The van der Waals surface area contributed by atoms with Gasteiger partial charge in [0.2, 0.25) is 0 Å². The van der Waals surface area contributed by atoms with Gasteiger partial charge in [0.05, 0.1) is 0 Å². The van der Waals surface area contributed by atoms with E-state index in [-0.39, 0.29) is 0 Å². The second-order valence-electron chi connectivity index (χ2n) is 4.09. The third-order valence-corrected chi connectivity index (χ3v) is 2.88. The van der Waals surface area contributed by atoms with Gasteiger partial charge < -0.3 is 5.32 Å². The van der Waals surface area contributed by atoms with E-state index in [1.165, 1.54) is 31.2 Å². The van der Waals surface area contributed by atoms with Crippen LogP contribution in [0.1, 0.15) is 43.0 Å². The minimum absolute atomic E-state index is 0.555. The zero-order chi connectivity index (χ0) is 9.80. The molecule has 0 amide bonds. The van der Waals surface area contributed by atoms with Gasteiger partial charge in [0.15, 0.2) is 0 Å². The molecule has 1 fully saturated rings. The van der Waals surface area contributed by atoms with Crippen molar-refractivity contribution in [3.05, 3.63) is 29.6 Å². The van der Waals surface area contributed by atoms with E-state index in [0.29, 0.717) is 6.04 Å². The molecule has 76 valence electrons. The second-order valence-corrected chi connectivity index (χ2v) is 4.09. The average Bonchev–Trinajstić information content (AvgIpc) is 2.45. The highest BCUT2D eigenvalue weighted by Gasteiger charge is 2.13. The van der Waals surface area contributed by atoms with E-state index in [9.17, 15) is 0 Å². The Kier molecular flexibility index (Phi) is 3.14. The minimum Gasteiger partial charge on any atom is -0.310 e. The average molecular weight is 190 g/mol. The van der Waals surface area contributed by atoms with Gasteiger partial charge in [-0.1, -0.05) is 12.8 Å². The number of aryl methyl sites for hydroxylation is 1. The number of aromatic nitrogens is 1. The van der Waals surface area contributed by atoms with Crippen LogP contribution in [-0.4, -0.2) is 11.5 Å². The summed E-state index contributed by atoms with van der Waals surface area (Å²) in [5, 5.41) is 3.60. The summed E-state index contributed by atoms with van der Waals surface area (Å²) in [6, 6.07) is 4.89. The van der Waals surface area contributed by atoms with E-state index in [2.05, 4.69) is 29.4 Å². The van der Waals surface area contributed by atoms with Crippen molar-refractivity contribution in [3.8, 4) is 0 Å². The first-order valence-electron chi connectivity index (χ1n) is 5.52. The van der Waals surface area contributed by atoms with Gasteiger partial charge in [-0.25, -0.2) is 0 Å². The van der Waals surface area contributed by atoms with Crippen LogP contribution in [-0.2, 0) is 0 Å². The Labute approximate surface area is 85.7 Å². The van der Waals surface area contributed by atoms with Crippen LogP contribution in [0.5, 0.6) is 0 Å². The van der Waals surface area contributed by atoms with Crippen LogP contribution < -0.4 is 5.32 Å². The van der Waals surface area contributed by atoms with Crippen molar-refractivity contribution in [1.29, 1.82) is 0 Å². The second kappa shape index (κ2) is 4.56. The lowest BCUT2D eigenvalue weighted by molar-refractivity contribution is 0.534. The number of nitrogens with one attached hydrogen (secondary N) is 1. The highest BCUT2D eigenvalue weighted by Crippen LogP contribution is 2.22. The Hall–Kier alpha value is -0.890. The van der Waals surface area contributed by atoms with Crippen molar-refractivity contribution in [1.82, 2.24) is 10.3 Å². The number of rotatable bonds is 1. The molecule has 2 heteroatoms. The lowest BCUT2D eigenvalue weighted by Gasteiger charge is -2.16. The van der Waals surface area contributed by atoms with Crippen LogP contribution in [0.15, 0.2) is 18.3 Å². The molecule has 2 nitrogen and oxygen atoms in total. The van der Waals surface area contributed by atoms with Gasteiger partial charge in [0.1, 0.15) is 0 Å². The summed E-state index contributed by atoms with van der Waals surface area (Å²) in [4.78, 5) is 4.23. The Bertz CT molecular complexity index is 288. The summed E-state index contributed by atoms with van der Waals surface area (Å²) in [7, 11) is 0. The molecule has 0 aromatic carbocycles. The van der Waals surface area contributed by atoms with E-state index in [0.717, 1.165) is 12.2 Å². The molecule has 0 bridgehead atoms. The molecule has 2 heterocycles. The Morgan fingerprint density at radius 2 is 2.29 bits per heavy atom. The zero-order valence-corrected chi connectivity index (χ0v) is 8.79. The minimum atomic E-state index is 0.555. The molecule has 2 rings (SSSR count).